The zero-order chi connectivity index (χ0) is 23.2. The topological polar surface area (TPSA) is 56.1 Å². The number of methoxy groups -OCH3 is 1. The van der Waals surface area contributed by atoms with Gasteiger partial charge in [0.25, 0.3) is 0 Å². The van der Waals surface area contributed by atoms with Gasteiger partial charge in [-0.25, -0.2) is 0 Å². The molecule has 4 rings (SSSR count). The molecule has 0 aliphatic heterocycles. The van der Waals surface area contributed by atoms with E-state index in [1.165, 1.54) is 0 Å². The van der Waals surface area contributed by atoms with E-state index in [2.05, 4.69) is 37.8 Å². The number of hydrogen-bond acceptors (Lipinski definition) is 6. The summed E-state index contributed by atoms with van der Waals surface area (Å²) in [5.41, 5.74) is 4.14. The number of ether oxygens (including phenoxy) is 1. The standard InChI is InChI=1S/C25H26ClN5OS/c1-18-7-4-10-21(27-18)15-30(2)16-24-28-29-25(33-17-19-8-5-9-20(26)13-19)31(24)22-11-6-12-23(14-22)32-3/h4-14H,15-17H2,1-3H3. The molecule has 0 aliphatic rings. The van der Waals surface area contributed by atoms with Crippen molar-refractivity contribution in [3.05, 3.63) is 94.5 Å². The predicted molar refractivity (Wildman–Crippen MR) is 133 cm³/mol. The van der Waals surface area contributed by atoms with E-state index < -0.39 is 0 Å². The summed E-state index contributed by atoms with van der Waals surface area (Å²) in [6, 6.07) is 21.9. The van der Waals surface area contributed by atoms with E-state index in [-0.39, 0.29) is 0 Å². The second-order valence-electron chi connectivity index (χ2n) is 7.80. The lowest BCUT2D eigenvalue weighted by Gasteiger charge is -2.17. The smallest absolute Gasteiger partial charge is 0.196 e. The highest BCUT2D eigenvalue weighted by Gasteiger charge is 2.17. The molecule has 0 unspecified atom stereocenters. The van der Waals surface area contributed by atoms with Crippen LogP contribution in [0.15, 0.2) is 71.9 Å². The van der Waals surface area contributed by atoms with Crippen LogP contribution in [0.2, 0.25) is 5.02 Å². The SMILES string of the molecule is COc1cccc(-n2c(CN(C)Cc3cccc(C)n3)nnc2SCc2cccc(Cl)c2)c1. The summed E-state index contributed by atoms with van der Waals surface area (Å²) in [6.45, 7) is 3.35. The molecule has 0 aliphatic carbocycles. The molecule has 0 atom stereocenters. The maximum Gasteiger partial charge on any atom is 0.196 e. The predicted octanol–water partition coefficient (Wildman–Crippen LogP) is 5.56. The van der Waals surface area contributed by atoms with Crippen LogP contribution < -0.4 is 4.74 Å². The molecule has 0 N–H and O–H groups in total. The lowest BCUT2D eigenvalue weighted by atomic mass is 10.2. The highest BCUT2D eigenvalue weighted by molar-refractivity contribution is 7.98. The molecule has 2 heterocycles. The zero-order valence-corrected chi connectivity index (χ0v) is 20.5. The van der Waals surface area contributed by atoms with Gasteiger partial charge in [-0.1, -0.05) is 47.6 Å². The van der Waals surface area contributed by atoms with E-state index in [1.807, 2.05) is 67.6 Å². The highest BCUT2D eigenvalue weighted by Crippen LogP contribution is 2.28. The third-order valence-electron chi connectivity index (χ3n) is 5.06. The van der Waals surface area contributed by atoms with E-state index in [0.717, 1.165) is 56.7 Å². The lowest BCUT2D eigenvalue weighted by molar-refractivity contribution is 0.304. The number of pyridine rings is 1. The monoisotopic (exact) mass is 479 g/mol. The normalized spacial score (nSPS) is 11.2. The van der Waals surface area contributed by atoms with Crippen LogP contribution in [0.4, 0.5) is 0 Å². The van der Waals surface area contributed by atoms with Gasteiger partial charge in [0.1, 0.15) is 5.75 Å². The van der Waals surface area contributed by atoms with E-state index >= 15 is 0 Å². The Morgan fingerprint density at radius 1 is 1.00 bits per heavy atom. The van der Waals surface area contributed by atoms with Gasteiger partial charge in [-0.15, -0.1) is 10.2 Å². The Balaban J connectivity index is 1.60. The van der Waals surface area contributed by atoms with Gasteiger partial charge in [0, 0.05) is 29.1 Å². The van der Waals surface area contributed by atoms with Crippen LogP contribution in [-0.4, -0.2) is 38.8 Å². The summed E-state index contributed by atoms with van der Waals surface area (Å²) < 4.78 is 7.55. The number of nitrogens with zero attached hydrogens (tertiary/aromatic N) is 5. The molecular formula is C25H26ClN5OS. The number of aryl methyl sites for hydroxylation is 1. The average molecular weight is 480 g/mol. The fourth-order valence-corrected chi connectivity index (χ4v) is 4.67. The minimum Gasteiger partial charge on any atom is -0.497 e. The Bertz CT molecular complexity index is 1230. The van der Waals surface area contributed by atoms with Crippen LogP contribution in [-0.2, 0) is 18.8 Å². The quantitative estimate of drug-likeness (QED) is 0.293. The van der Waals surface area contributed by atoms with Gasteiger partial charge >= 0.3 is 0 Å². The molecule has 33 heavy (non-hydrogen) atoms. The molecule has 0 bridgehead atoms. The Hall–Kier alpha value is -2.87. The first-order valence-corrected chi connectivity index (χ1v) is 12.0. The molecule has 0 fully saturated rings. The number of thioether (sulfide) groups is 1. The summed E-state index contributed by atoms with van der Waals surface area (Å²) in [6.07, 6.45) is 0. The number of benzene rings is 2. The van der Waals surface area contributed by atoms with Crippen molar-refractivity contribution in [2.75, 3.05) is 14.2 Å². The maximum atomic E-state index is 6.16. The third-order valence-corrected chi connectivity index (χ3v) is 6.29. The molecule has 6 nitrogen and oxygen atoms in total. The second kappa shape index (κ2) is 10.8. The van der Waals surface area contributed by atoms with Crippen molar-refractivity contribution in [1.82, 2.24) is 24.6 Å². The maximum absolute atomic E-state index is 6.16. The molecule has 0 spiro atoms. The van der Waals surface area contributed by atoms with Gasteiger partial charge in [-0.2, -0.15) is 0 Å². The van der Waals surface area contributed by atoms with Crippen LogP contribution in [0.25, 0.3) is 5.69 Å². The number of rotatable bonds is 9. The van der Waals surface area contributed by atoms with E-state index in [4.69, 9.17) is 16.3 Å². The van der Waals surface area contributed by atoms with Crippen molar-refractivity contribution in [1.29, 1.82) is 0 Å². The van der Waals surface area contributed by atoms with Crippen molar-refractivity contribution >= 4 is 23.4 Å². The molecular weight excluding hydrogens is 454 g/mol. The molecule has 0 saturated carbocycles. The Morgan fingerprint density at radius 3 is 2.61 bits per heavy atom. The average Bonchev–Trinajstić information content (AvgIpc) is 3.20. The van der Waals surface area contributed by atoms with Gasteiger partial charge < -0.3 is 4.74 Å². The van der Waals surface area contributed by atoms with Crippen molar-refractivity contribution in [2.24, 2.45) is 0 Å². The second-order valence-corrected chi connectivity index (χ2v) is 9.18. The lowest BCUT2D eigenvalue weighted by Crippen LogP contribution is -2.20. The molecule has 4 aromatic rings. The Kier molecular flexibility index (Phi) is 7.65. The van der Waals surface area contributed by atoms with E-state index in [0.29, 0.717) is 6.54 Å². The minimum absolute atomic E-state index is 0.623. The molecule has 0 amide bonds. The van der Waals surface area contributed by atoms with E-state index in [1.54, 1.807) is 18.9 Å². The minimum atomic E-state index is 0.623. The first kappa shape index (κ1) is 23.3. The number of halogens is 1. The van der Waals surface area contributed by atoms with Gasteiger partial charge in [0.2, 0.25) is 0 Å². The molecule has 2 aromatic heterocycles. The summed E-state index contributed by atoms with van der Waals surface area (Å²) in [5, 5.41) is 10.6. The van der Waals surface area contributed by atoms with Crippen molar-refractivity contribution in [3.8, 4) is 11.4 Å². The molecule has 170 valence electrons. The first-order chi connectivity index (χ1) is 16.0. The molecule has 0 radical (unpaired) electrons. The van der Waals surface area contributed by atoms with Gasteiger partial charge in [-0.05, 0) is 55.9 Å². The van der Waals surface area contributed by atoms with Gasteiger partial charge in [-0.3, -0.25) is 14.5 Å². The fraction of sp³-hybridized carbons (Fsp3) is 0.240. The largest absolute Gasteiger partial charge is 0.497 e. The number of hydrogen-bond donors (Lipinski definition) is 0. The Labute approximate surface area is 203 Å². The summed E-state index contributed by atoms with van der Waals surface area (Å²) >= 11 is 7.79. The fourth-order valence-electron chi connectivity index (χ4n) is 3.54. The van der Waals surface area contributed by atoms with Crippen LogP contribution in [0.1, 0.15) is 22.8 Å². The summed E-state index contributed by atoms with van der Waals surface area (Å²) in [7, 11) is 3.73. The van der Waals surface area contributed by atoms with Crippen LogP contribution in [0, 0.1) is 6.92 Å². The van der Waals surface area contributed by atoms with E-state index in [9.17, 15) is 0 Å². The highest BCUT2D eigenvalue weighted by atomic mass is 35.5. The molecule has 8 heteroatoms. The van der Waals surface area contributed by atoms with Crippen molar-refractivity contribution < 1.29 is 4.74 Å². The number of aromatic nitrogens is 4. The zero-order valence-electron chi connectivity index (χ0n) is 18.9. The van der Waals surface area contributed by atoms with Crippen LogP contribution >= 0.6 is 23.4 Å². The van der Waals surface area contributed by atoms with Crippen LogP contribution in [0.5, 0.6) is 5.75 Å². The third kappa shape index (κ3) is 6.13. The van der Waals surface area contributed by atoms with Crippen LogP contribution in [0.3, 0.4) is 0 Å². The molecule has 0 saturated heterocycles. The first-order valence-electron chi connectivity index (χ1n) is 10.6. The van der Waals surface area contributed by atoms with Gasteiger partial charge in [0.15, 0.2) is 11.0 Å². The van der Waals surface area contributed by atoms with Crippen molar-refractivity contribution in [3.63, 3.8) is 0 Å². The Morgan fingerprint density at radius 2 is 1.82 bits per heavy atom. The summed E-state index contributed by atoms with van der Waals surface area (Å²) in [4.78, 5) is 6.81. The van der Waals surface area contributed by atoms with Gasteiger partial charge in [0.05, 0.1) is 25.0 Å². The van der Waals surface area contributed by atoms with Crippen molar-refractivity contribution in [2.45, 2.75) is 30.9 Å². The summed E-state index contributed by atoms with van der Waals surface area (Å²) in [5.74, 6) is 2.38. The molecule has 2 aromatic carbocycles.